The third-order valence-corrected chi connectivity index (χ3v) is 2.10. The van der Waals surface area contributed by atoms with E-state index in [9.17, 15) is 0 Å². The zero-order chi connectivity index (χ0) is 10.8. The van der Waals surface area contributed by atoms with Gasteiger partial charge in [-0.25, -0.2) is 9.97 Å². The second-order valence-corrected chi connectivity index (χ2v) is 3.87. The molecule has 2 heterocycles. The van der Waals surface area contributed by atoms with Crippen molar-refractivity contribution in [2.75, 3.05) is 0 Å². The minimum atomic E-state index is 0.131. The summed E-state index contributed by atoms with van der Waals surface area (Å²) in [6, 6.07) is 5.44. The fourth-order valence-corrected chi connectivity index (χ4v) is 1.48. The van der Waals surface area contributed by atoms with Crippen molar-refractivity contribution in [3.63, 3.8) is 0 Å². The minimum Gasteiger partial charge on any atom is -0.490 e. The topological polar surface area (TPSA) is 35.0 Å². The maximum atomic E-state index is 5.78. The van der Waals surface area contributed by atoms with Crippen LogP contribution in [0, 0.1) is 0 Å². The lowest BCUT2D eigenvalue weighted by Gasteiger charge is -2.11. The molecular formula is C11H11ClN2O. The Bertz CT molecular complexity index is 485. The lowest BCUT2D eigenvalue weighted by atomic mass is 10.2. The number of hydrogen-bond acceptors (Lipinski definition) is 3. The predicted molar refractivity (Wildman–Crippen MR) is 60.3 cm³/mol. The SMILES string of the molecule is CC(C)Oc1ccnc2nc(Cl)ccc12. The largest absolute Gasteiger partial charge is 0.490 e. The van der Waals surface area contributed by atoms with E-state index in [-0.39, 0.29) is 6.10 Å². The van der Waals surface area contributed by atoms with Crippen LogP contribution < -0.4 is 4.74 Å². The van der Waals surface area contributed by atoms with Crippen LogP contribution in [-0.4, -0.2) is 16.1 Å². The summed E-state index contributed by atoms with van der Waals surface area (Å²) in [5.41, 5.74) is 0.612. The molecule has 0 bridgehead atoms. The molecule has 0 aromatic carbocycles. The Morgan fingerprint density at radius 3 is 2.80 bits per heavy atom. The smallest absolute Gasteiger partial charge is 0.164 e. The van der Waals surface area contributed by atoms with Crippen molar-refractivity contribution in [1.29, 1.82) is 0 Å². The van der Waals surface area contributed by atoms with Gasteiger partial charge in [0.15, 0.2) is 5.65 Å². The molecule has 0 unspecified atom stereocenters. The van der Waals surface area contributed by atoms with Gasteiger partial charge in [-0.1, -0.05) is 11.6 Å². The molecule has 15 heavy (non-hydrogen) atoms. The van der Waals surface area contributed by atoms with Crippen LogP contribution in [0.4, 0.5) is 0 Å². The van der Waals surface area contributed by atoms with Crippen LogP contribution in [0.3, 0.4) is 0 Å². The average Bonchev–Trinajstić information content (AvgIpc) is 2.16. The summed E-state index contributed by atoms with van der Waals surface area (Å²) in [6.45, 7) is 3.96. The second kappa shape index (κ2) is 4.03. The molecule has 0 aliphatic rings. The average molecular weight is 223 g/mol. The number of ether oxygens (including phenoxy) is 1. The van der Waals surface area contributed by atoms with Crippen LogP contribution in [0.15, 0.2) is 24.4 Å². The summed E-state index contributed by atoms with van der Waals surface area (Å²) in [4.78, 5) is 8.25. The first-order valence-corrected chi connectivity index (χ1v) is 5.12. The molecule has 2 rings (SSSR count). The fourth-order valence-electron chi connectivity index (χ4n) is 1.34. The van der Waals surface area contributed by atoms with Gasteiger partial charge in [-0.2, -0.15) is 0 Å². The maximum Gasteiger partial charge on any atom is 0.164 e. The molecule has 2 aromatic heterocycles. The first-order valence-electron chi connectivity index (χ1n) is 4.75. The summed E-state index contributed by atoms with van der Waals surface area (Å²) in [7, 11) is 0. The van der Waals surface area contributed by atoms with Gasteiger partial charge in [-0.3, -0.25) is 0 Å². The van der Waals surface area contributed by atoms with Crippen molar-refractivity contribution in [2.24, 2.45) is 0 Å². The first-order chi connectivity index (χ1) is 7.16. The summed E-state index contributed by atoms with van der Waals surface area (Å²) in [5, 5.41) is 1.33. The molecule has 4 heteroatoms. The lowest BCUT2D eigenvalue weighted by Crippen LogP contribution is -2.06. The molecule has 0 fully saturated rings. The van der Waals surface area contributed by atoms with Gasteiger partial charge < -0.3 is 4.74 Å². The molecule has 0 aliphatic carbocycles. The Morgan fingerprint density at radius 1 is 1.27 bits per heavy atom. The molecule has 0 amide bonds. The molecular weight excluding hydrogens is 212 g/mol. The number of hydrogen-bond donors (Lipinski definition) is 0. The second-order valence-electron chi connectivity index (χ2n) is 3.48. The molecule has 0 radical (unpaired) electrons. The van der Waals surface area contributed by atoms with E-state index < -0.39 is 0 Å². The van der Waals surface area contributed by atoms with Gasteiger partial charge >= 0.3 is 0 Å². The monoisotopic (exact) mass is 222 g/mol. The highest BCUT2D eigenvalue weighted by molar-refractivity contribution is 6.29. The quantitative estimate of drug-likeness (QED) is 0.733. The minimum absolute atomic E-state index is 0.131. The van der Waals surface area contributed by atoms with Gasteiger partial charge in [-0.05, 0) is 32.0 Å². The number of fused-ring (bicyclic) bond motifs is 1. The van der Waals surface area contributed by atoms with E-state index in [1.54, 1.807) is 12.3 Å². The number of pyridine rings is 2. The van der Waals surface area contributed by atoms with Crippen LogP contribution >= 0.6 is 11.6 Å². The summed E-state index contributed by atoms with van der Waals surface area (Å²) in [5.74, 6) is 0.791. The zero-order valence-electron chi connectivity index (χ0n) is 8.57. The Hall–Kier alpha value is -1.35. The fraction of sp³-hybridized carbons (Fsp3) is 0.273. The Balaban J connectivity index is 2.56. The highest BCUT2D eigenvalue weighted by atomic mass is 35.5. The van der Waals surface area contributed by atoms with Crippen molar-refractivity contribution in [2.45, 2.75) is 20.0 Å². The number of nitrogens with zero attached hydrogens (tertiary/aromatic N) is 2. The standard InChI is InChI=1S/C11H11ClN2O/c1-7(2)15-9-5-6-13-11-8(9)3-4-10(12)14-11/h3-7H,1-2H3. The Morgan fingerprint density at radius 2 is 2.07 bits per heavy atom. The highest BCUT2D eigenvalue weighted by Crippen LogP contribution is 2.24. The van der Waals surface area contributed by atoms with E-state index in [0.717, 1.165) is 11.1 Å². The van der Waals surface area contributed by atoms with E-state index >= 15 is 0 Å². The first kappa shape index (κ1) is 10.2. The van der Waals surface area contributed by atoms with Crippen LogP contribution in [-0.2, 0) is 0 Å². The van der Waals surface area contributed by atoms with E-state index in [4.69, 9.17) is 16.3 Å². The number of halogens is 1. The van der Waals surface area contributed by atoms with E-state index in [1.807, 2.05) is 26.0 Å². The maximum absolute atomic E-state index is 5.78. The van der Waals surface area contributed by atoms with Gasteiger partial charge in [-0.15, -0.1) is 0 Å². The Labute approximate surface area is 93.1 Å². The van der Waals surface area contributed by atoms with Gasteiger partial charge in [0.1, 0.15) is 10.9 Å². The van der Waals surface area contributed by atoms with Crippen molar-refractivity contribution >= 4 is 22.6 Å². The summed E-state index contributed by atoms with van der Waals surface area (Å²) in [6.07, 6.45) is 1.80. The summed E-state index contributed by atoms with van der Waals surface area (Å²) >= 11 is 5.78. The van der Waals surface area contributed by atoms with Crippen molar-refractivity contribution in [3.05, 3.63) is 29.5 Å². The van der Waals surface area contributed by atoms with Crippen LogP contribution in [0.5, 0.6) is 5.75 Å². The molecule has 0 N–H and O–H groups in total. The van der Waals surface area contributed by atoms with Gasteiger partial charge in [0, 0.05) is 6.20 Å². The third-order valence-electron chi connectivity index (χ3n) is 1.89. The van der Waals surface area contributed by atoms with Crippen molar-refractivity contribution in [3.8, 4) is 5.75 Å². The number of rotatable bonds is 2. The third kappa shape index (κ3) is 2.18. The van der Waals surface area contributed by atoms with Gasteiger partial charge in [0.25, 0.3) is 0 Å². The van der Waals surface area contributed by atoms with E-state index in [0.29, 0.717) is 10.8 Å². The normalized spacial score (nSPS) is 10.9. The number of aromatic nitrogens is 2. The van der Waals surface area contributed by atoms with Gasteiger partial charge in [0.2, 0.25) is 0 Å². The van der Waals surface area contributed by atoms with Gasteiger partial charge in [0.05, 0.1) is 11.5 Å². The van der Waals surface area contributed by atoms with Crippen LogP contribution in [0.1, 0.15) is 13.8 Å². The Kier molecular flexibility index (Phi) is 2.73. The predicted octanol–water partition coefficient (Wildman–Crippen LogP) is 3.07. The zero-order valence-corrected chi connectivity index (χ0v) is 9.32. The van der Waals surface area contributed by atoms with E-state index in [2.05, 4.69) is 9.97 Å². The molecule has 0 spiro atoms. The van der Waals surface area contributed by atoms with Crippen molar-refractivity contribution < 1.29 is 4.74 Å². The molecule has 0 atom stereocenters. The molecule has 0 saturated heterocycles. The molecule has 78 valence electrons. The molecule has 2 aromatic rings. The van der Waals surface area contributed by atoms with Crippen LogP contribution in [0.2, 0.25) is 5.15 Å². The van der Waals surface area contributed by atoms with Crippen LogP contribution in [0.25, 0.3) is 11.0 Å². The summed E-state index contributed by atoms with van der Waals surface area (Å²) < 4.78 is 5.64. The molecule has 0 aliphatic heterocycles. The van der Waals surface area contributed by atoms with E-state index in [1.165, 1.54) is 0 Å². The molecule has 0 saturated carbocycles. The molecule has 3 nitrogen and oxygen atoms in total. The lowest BCUT2D eigenvalue weighted by molar-refractivity contribution is 0.245. The van der Waals surface area contributed by atoms with Crippen molar-refractivity contribution in [1.82, 2.24) is 9.97 Å². The highest BCUT2D eigenvalue weighted by Gasteiger charge is 2.05.